The molecule has 0 aromatic carbocycles. The summed E-state index contributed by atoms with van der Waals surface area (Å²) in [6, 6.07) is 2.13. The third-order valence-corrected chi connectivity index (χ3v) is 6.07. The predicted molar refractivity (Wildman–Crippen MR) is 91.4 cm³/mol. The fraction of sp³-hybridized carbons (Fsp3) is 0.529. The molecule has 25 heavy (non-hydrogen) atoms. The number of esters is 1. The van der Waals surface area contributed by atoms with Crippen molar-refractivity contribution >= 4 is 46.5 Å². The number of imide groups is 1. The molecule has 1 saturated heterocycles. The summed E-state index contributed by atoms with van der Waals surface area (Å²) in [7, 11) is 0. The molecule has 2 aliphatic rings. The number of thiophene rings is 1. The molecule has 0 bridgehead atoms. The second-order valence-electron chi connectivity index (χ2n) is 6.35. The van der Waals surface area contributed by atoms with E-state index in [1.807, 2.05) is 0 Å². The van der Waals surface area contributed by atoms with Crippen LogP contribution >= 0.6 is 22.9 Å². The van der Waals surface area contributed by atoms with Gasteiger partial charge in [-0.1, -0.05) is 24.4 Å². The normalized spacial score (nSPS) is 24.2. The van der Waals surface area contributed by atoms with Crippen molar-refractivity contribution in [2.45, 2.75) is 38.6 Å². The Morgan fingerprint density at radius 1 is 1.24 bits per heavy atom. The first-order valence-electron chi connectivity index (χ1n) is 8.22. The number of hydrogen-bond donors (Lipinski definition) is 0. The zero-order valence-electron chi connectivity index (χ0n) is 13.7. The summed E-state index contributed by atoms with van der Waals surface area (Å²) in [5, 5.41) is 0. The molecule has 0 N–H and O–H groups in total. The van der Waals surface area contributed by atoms with Gasteiger partial charge in [-0.3, -0.25) is 19.3 Å². The van der Waals surface area contributed by atoms with Gasteiger partial charge >= 0.3 is 5.97 Å². The minimum atomic E-state index is -1.02. The molecule has 2 heterocycles. The number of likely N-dealkylation sites (tertiary alicyclic amines) is 1. The predicted octanol–water partition coefficient (Wildman–Crippen LogP) is 2.69. The molecular formula is C17H18ClNO5S. The van der Waals surface area contributed by atoms with Gasteiger partial charge in [0.25, 0.3) is 0 Å². The molecule has 6 nitrogen and oxygen atoms in total. The number of rotatable bonds is 5. The van der Waals surface area contributed by atoms with Crippen LogP contribution in [0, 0.1) is 11.8 Å². The fourth-order valence-electron chi connectivity index (χ4n) is 3.47. The van der Waals surface area contributed by atoms with Crippen LogP contribution in [0.25, 0.3) is 0 Å². The minimum absolute atomic E-state index is 0.296. The van der Waals surface area contributed by atoms with Gasteiger partial charge in [0.05, 0.1) is 21.0 Å². The number of ether oxygens (including phenoxy) is 1. The van der Waals surface area contributed by atoms with Crippen LogP contribution in [0.5, 0.6) is 0 Å². The molecule has 134 valence electrons. The summed E-state index contributed by atoms with van der Waals surface area (Å²) in [6.07, 6.45) is 3.21. The average Bonchev–Trinajstić information content (AvgIpc) is 3.15. The van der Waals surface area contributed by atoms with Crippen molar-refractivity contribution in [1.82, 2.24) is 4.90 Å². The first kappa shape index (κ1) is 18.1. The number of carbonyl (C=O) groups excluding carboxylic acids is 4. The van der Waals surface area contributed by atoms with Crippen molar-refractivity contribution in [1.29, 1.82) is 0 Å². The van der Waals surface area contributed by atoms with Crippen LogP contribution in [-0.2, 0) is 19.1 Å². The Bertz CT molecular complexity index is 706. The SMILES string of the molecule is C[C@@H](C(=O)OCC(=O)c1ccc(Cl)s1)N1C(=O)[C@H]2CCCC[C@H]2C1=O. The molecular weight excluding hydrogens is 366 g/mol. The van der Waals surface area contributed by atoms with E-state index >= 15 is 0 Å². The van der Waals surface area contributed by atoms with E-state index in [0.717, 1.165) is 29.1 Å². The summed E-state index contributed by atoms with van der Waals surface area (Å²) in [5.74, 6) is -2.34. The standard InChI is InChI=1S/C17H18ClNO5S/c1-9(17(23)24-8-12(20)13-6-7-14(18)25-13)19-15(21)10-4-2-3-5-11(10)16(19)22/h6-7,9-11H,2-5,8H2,1H3/t9-,10-,11+/m0/s1. The van der Waals surface area contributed by atoms with Gasteiger partial charge in [-0.05, 0) is 31.9 Å². The second kappa shape index (κ2) is 7.25. The summed E-state index contributed by atoms with van der Waals surface area (Å²) in [6.45, 7) is 1.02. The van der Waals surface area contributed by atoms with Gasteiger partial charge in [0, 0.05) is 0 Å². The first-order chi connectivity index (χ1) is 11.9. The molecule has 1 aliphatic carbocycles. The summed E-state index contributed by atoms with van der Waals surface area (Å²) in [5.41, 5.74) is 0. The molecule has 2 fully saturated rings. The highest BCUT2D eigenvalue weighted by molar-refractivity contribution is 7.18. The molecule has 8 heteroatoms. The smallest absolute Gasteiger partial charge is 0.329 e. The van der Waals surface area contributed by atoms with E-state index in [1.165, 1.54) is 6.92 Å². The lowest BCUT2D eigenvalue weighted by molar-refractivity contribution is -0.157. The minimum Gasteiger partial charge on any atom is -0.456 e. The van der Waals surface area contributed by atoms with E-state index in [1.54, 1.807) is 12.1 Å². The largest absolute Gasteiger partial charge is 0.456 e. The highest BCUT2D eigenvalue weighted by Gasteiger charge is 2.51. The van der Waals surface area contributed by atoms with Gasteiger partial charge in [0.2, 0.25) is 17.6 Å². The average molecular weight is 384 g/mol. The number of halogens is 1. The molecule has 0 unspecified atom stereocenters. The summed E-state index contributed by atoms with van der Waals surface area (Å²) in [4.78, 5) is 50.6. The van der Waals surface area contributed by atoms with Gasteiger partial charge in [0.15, 0.2) is 6.61 Å². The Hall–Kier alpha value is -1.73. The molecule has 2 amide bonds. The lowest BCUT2D eigenvalue weighted by Crippen LogP contribution is -2.44. The maximum absolute atomic E-state index is 12.5. The topological polar surface area (TPSA) is 80.8 Å². The number of carbonyl (C=O) groups is 4. The van der Waals surface area contributed by atoms with Crippen molar-refractivity contribution in [3.63, 3.8) is 0 Å². The molecule has 3 rings (SSSR count). The van der Waals surface area contributed by atoms with Crippen LogP contribution < -0.4 is 0 Å². The van der Waals surface area contributed by atoms with Crippen LogP contribution in [-0.4, -0.2) is 41.1 Å². The van der Waals surface area contributed by atoms with Gasteiger partial charge in [-0.25, -0.2) is 4.79 Å². The van der Waals surface area contributed by atoms with Gasteiger partial charge in [0.1, 0.15) is 6.04 Å². The number of amides is 2. The molecule has 3 atom stereocenters. The molecule has 0 radical (unpaired) electrons. The Morgan fingerprint density at radius 2 is 1.84 bits per heavy atom. The zero-order chi connectivity index (χ0) is 18.1. The Morgan fingerprint density at radius 3 is 2.36 bits per heavy atom. The maximum atomic E-state index is 12.5. The molecule has 0 spiro atoms. The van der Waals surface area contributed by atoms with E-state index in [-0.39, 0.29) is 29.4 Å². The molecule has 1 aromatic heterocycles. The first-order valence-corrected chi connectivity index (χ1v) is 9.41. The number of ketones is 1. The maximum Gasteiger partial charge on any atom is 0.329 e. The highest BCUT2D eigenvalue weighted by atomic mass is 35.5. The lowest BCUT2D eigenvalue weighted by atomic mass is 9.81. The van der Waals surface area contributed by atoms with E-state index in [9.17, 15) is 19.2 Å². The van der Waals surface area contributed by atoms with Crippen molar-refractivity contribution in [3.8, 4) is 0 Å². The van der Waals surface area contributed by atoms with Gasteiger partial charge in [-0.2, -0.15) is 0 Å². The monoisotopic (exact) mass is 383 g/mol. The number of hydrogen-bond acceptors (Lipinski definition) is 6. The van der Waals surface area contributed by atoms with Crippen LogP contribution in [0.2, 0.25) is 4.34 Å². The number of fused-ring (bicyclic) bond motifs is 1. The van der Waals surface area contributed by atoms with Crippen LogP contribution in [0.4, 0.5) is 0 Å². The van der Waals surface area contributed by atoms with Crippen molar-refractivity contribution < 1.29 is 23.9 Å². The van der Waals surface area contributed by atoms with E-state index in [0.29, 0.717) is 22.1 Å². The number of Topliss-reactive ketones (excluding diaryl/α,β-unsaturated/α-hetero) is 1. The second-order valence-corrected chi connectivity index (χ2v) is 8.07. The summed E-state index contributed by atoms with van der Waals surface area (Å²) >= 11 is 6.87. The third-order valence-electron chi connectivity index (χ3n) is 4.80. The van der Waals surface area contributed by atoms with Gasteiger partial charge in [-0.15, -0.1) is 11.3 Å². The Balaban J connectivity index is 1.61. The van der Waals surface area contributed by atoms with Crippen LogP contribution in [0.1, 0.15) is 42.3 Å². The lowest BCUT2D eigenvalue weighted by Gasteiger charge is -2.21. The van der Waals surface area contributed by atoms with Crippen molar-refractivity contribution in [2.75, 3.05) is 6.61 Å². The zero-order valence-corrected chi connectivity index (χ0v) is 15.3. The molecule has 1 aliphatic heterocycles. The fourth-order valence-corrected chi connectivity index (χ4v) is 4.43. The van der Waals surface area contributed by atoms with Crippen molar-refractivity contribution in [2.24, 2.45) is 11.8 Å². The molecule has 1 aromatic rings. The number of nitrogens with zero attached hydrogens (tertiary/aromatic N) is 1. The Labute approximate surface area is 154 Å². The van der Waals surface area contributed by atoms with E-state index in [2.05, 4.69) is 0 Å². The van der Waals surface area contributed by atoms with Crippen molar-refractivity contribution in [3.05, 3.63) is 21.3 Å². The van der Waals surface area contributed by atoms with Gasteiger partial charge < -0.3 is 4.74 Å². The quantitative estimate of drug-likeness (QED) is 0.443. The summed E-state index contributed by atoms with van der Waals surface area (Å²) < 4.78 is 5.49. The Kier molecular flexibility index (Phi) is 5.24. The van der Waals surface area contributed by atoms with Crippen LogP contribution in [0.3, 0.4) is 0 Å². The highest BCUT2D eigenvalue weighted by Crippen LogP contribution is 2.38. The third kappa shape index (κ3) is 3.48. The van der Waals surface area contributed by atoms with E-state index in [4.69, 9.17) is 16.3 Å². The van der Waals surface area contributed by atoms with Crippen LogP contribution in [0.15, 0.2) is 12.1 Å². The van der Waals surface area contributed by atoms with E-state index < -0.39 is 18.6 Å². The molecule has 1 saturated carbocycles.